The third kappa shape index (κ3) is 1.57. The molecule has 0 aromatic rings. The average Bonchev–Trinajstić information content (AvgIpc) is 1.88. The number of nitrogens with one attached hydrogen (secondary N) is 1. The number of nitrogens with two attached hydrogens (primary N) is 1. The number of hydrogen-bond donors (Lipinski definition) is 4. The van der Waals surface area contributed by atoms with Gasteiger partial charge in [-0.25, -0.2) is 0 Å². The van der Waals surface area contributed by atoms with Crippen LogP contribution in [-0.2, 0) is 0 Å². The molecule has 0 atom stereocenters. The highest BCUT2D eigenvalue weighted by molar-refractivity contribution is 5.23. The number of hydrazine groups is 1. The van der Waals surface area contributed by atoms with E-state index in [0.29, 0.717) is 5.70 Å². The Morgan fingerprint density at radius 1 is 1.60 bits per heavy atom. The second kappa shape index (κ2) is 2.42. The lowest BCUT2D eigenvalue weighted by molar-refractivity contribution is -0.115. The Hall–Kier alpha value is -0.840. The predicted octanol–water partition coefficient (Wildman–Crippen LogP) is -1.03. The Morgan fingerprint density at radius 3 is 2.70 bits per heavy atom. The van der Waals surface area contributed by atoms with Crippen molar-refractivity contribution >= 4 is 0 Å². The van der Waals surface area contributed by atoms with E-state index < -0.39 is 5.79 Å². The summed E-state index contributed by atoms with van der Waals surface area (Å²) >= 11 is 0. The highest BCUT2D eigenvalue weighted by Gasteiger charge is 2.19. The lowest BCUT2D eigenvalue weighted by Gasteiger charge is -2.19. The normalized spacial score (nSPS) is 22.1. The van der Waals surface area contributed by atoms with Crippen LogP contribution in [0.25, 0.3) is 0 Å². The van der Waals surface area contributed by atoms with E-state index in [4.69, 9.17) is 16.1 Å². The van der Waals surface area contributed by atoms with Crippen molar-refractivity contribution < 1.29 is 10.2 Å². The zero-order chi connectivity index (χ0) is 7.61. The van der Waals surface area contributed by atoms with Crippen LogP contribution in [0.3, 0.4) is 0 Å². The molecule has 0 unspecified atom stereocenters. The third-order valence-corrected chi connectivity index (χ3v) is 1.32. The summed E-state index contributed by atoms with van der Waals surface area (Å²) in [5, 5.41) is 17.9. The minimum absolute atomic E-state index is 0.170. The van der Waals surface area contributed by atoms with Crippen LogP contribution in [-0.4, -0.2) is 16.0 Å². The van der Waals surface area contributed by atoms with E-state index in [1.807, 2.05) is 0 Å². The van der Waals surface area contributed by atoms with Gasteiger partial charge in [0, 0.05) is 12.1 Å². The van der Waals surface area contributed by atoms with Crippen LogP contribution >= 0.6 is 0 Å². The molecule has 0 heterocycles. The number of rotatable bonds is 1. The lowest BCUT2D eigenvalue weighted by atomic mass is 10.1. The molecule has 0 aromatic carbocycles. The highest BCUT2D eigenvalue weighted by Crippen LogP contribution is 2.15. The molecule has 0 saturated heterocycles. The number of aliphatic hydroxyl groups is 2. The van der Waals surface area contributed by atoms with Gasteiger partial charge in [0.25, 0.3) is 0 Å². The molecule has 0 aliphatic heterocycles. The summed E-state index contributed by atoms with van der Waals surface area (Å²) in [4.78, 5) is 0. The molecule has 0 bridgehead atoms. The fourth-order valence-corrected chi connectivity index (χ4v) is 0.727. The molecule has 0 saturated carbocycles. The summed E-state index contributed by atoms with van der Waals surface area (Å²) in [5.41, 5.74) is 3.09. The third-order valence-electron chi connectivity index (χ3n) is 1.32. The van der Waals surface area contributed by atoms with Crippen molar-refractivity contribution in [1.82, 2.24) is 5.43 Å². The molecule has 1 rings (SSSR count). The Kier molecular flexibility index (Phi) is 1.76. The maximum atomic E-state index is 8.94. The first-order chi connectivity index (χ1) is 4.64. The molecule has 1 aliphatic carbocycles. The van der Waals surface area contributed by atoms with E-state index in [0.717, 1.165) is 0 Å². The molecule has 0 radical (unpaired) electrons. The van der Waals surface area contributed by atoms with Crippen molar-refractivity contribution in [2.75, 3.05) is 0 Å². The number of allylic oxidation sites excluding steroid dienone is 1. The van der Waals surface area contributed by atoms with Gasteiger partial charge in [-0.3, -0.25) is 5.84 Å². The lowest BCUT2D eigenvalue weighted by Crippen LogP contribution is -2.29. The zero-order valence-corrected chi connectivity index (χ0v) is 5.41. The fourth-order valence-electron chi connectivity index (χ4n) is 0.727. The van der Waals surface area contributed by atoms with Crippen molar-refractivity contribution in [3.05, 3.63) is 23.9 Å². The van der Waals surface area contributed by atoms with Gasteiger partial charge in [-0.1, -0.05) is 6.08 Å². The van der Waals surface area contributed by atoms with Crippen LogP contribution in [0.5, 0.6) is 0 Å². The first-order valence-corrected chi connectivity index (χ1v) is 2.95. The molecule has 4 nitrogen and oxygen atoms in total. The van der Waals surface area contributed by atoms with Crippen LogP contribution < -0.4 is 11.3 Å². The Labute approximate surface area is 58.6 Å². The SMILES string of the molecule is NNC1=CCC(O)(O)C=C1. The molecule has 4 heteroatoms. The molecular weight excluding hydrogens is 132 g/mol. The van der Waals surface area contributed by atoms with Crippen LogP contribution in [0, 0.1) is 0 Å². The van der Waals surface area contributed by atoms with Gasteiger partial charge in [0.1, 0.15) is 0 Å². The second-order valence-corrected chi connectivity index (χ2v) is 2.22. The average molecular weight is 142 g/mol. The maximum Gasteiger partial charge on any atom is 0.186 e. The molecule has 0 aromatic heterocycles. The van der Waals surface area contributed by atoms with Gasteiger partial charge in [0.2, 0.25) is 0 Å². The maximum absolute atomic E-state index is 8.94. The second-order valence-electron chi connectivity index (χ2n) is 2.22. The predicted molar refractivity (Wildman–Crippen MR) is 36.3 cm³/mol. The summed E-state index contributed by atoms with van der Waals surface area (Å²) in [7, 11) is 0. The van der Waals surface area contributed by atoms with Crippen molar-refractivity contribution in [2.24, 2.45) is 5.84 Å². The van der Waals surface area contributed by atoms with Crippen molar-refractivity contribution in [3.8, 4) is 0 Å². The van der Waals surface area contributed by atoms with Crippen LogP contribution in [0.4, 0.5) is 0 Å². The van der Waals surface area contributed by atoms with Crippen molar-refractivity contribution in [1.29, 1.82) is 0 Å². The van der Waals surface area contributed by atoms with Crippen LogP contribution in [0.2, 0.25) is 0 Å². The standard InChI is InChI=1S/C6H10N2O2/c7-8-5-1-3-6(9,10)4-2-5/h1-3,8-10H,4,7H2. The topological polar surface area (TPSA) is 78.5 Å². The van der Waals surface area contributed by atoms with Gasteiger partial charge in [0.05, 0.1) is 0 Å². The van der Waals surface area contributed by atoms with E-state index in [2.05, 4.69) is 5.43 Å². The van der Waals surface area contributed by atoms with Gasteiger partial charge in [-0.2, -0.15) is 0 Å². The first kappa shape index (κ1) is 7.27. The summed E-state index contributed by atoms with van der Waals surface area (Å²) in [5.74, 6) is 3.36. The smallest absolute Gasteiger partial charge is 0.186 e. The van der Waals surface area contributed by atoms with E-state index >= 15 is 0 Å². The van der Waals surface area contributed by atoms with Gasteiger partial charge in [0.15, 0.2) is 5.79 Å². The summed E-state index contributed by atoms with van der Waals surface area (Å²) < 4.78 is 0. The zero-order valence-electron chi connectivity index (χ0n) is 5.41. The van der Waals surface area contributed by atoms with Crippen LogP contribution in [0.1, 0.15) is 6.42 Å². The molecule has 5 N–H and O–H groups in total. The molecule has 0 spiro atoms. The molecule has 1 aliphatic rings. The van der Waals surface area contributed by atoms with Crippen LogP contribution in [0.15, 0.2) is 23.9 Å². The van der Waals surface area contributed by atoms with Gasteiger partial charge >= 0.3 is 0 Å². The Balaban J connectivity index is 2.63. The Morgan fingerprint density at radius 2 is 2.30 bits per heavy atom. The molecule has 56 valence electrons. The highest BCUT2D eigenvalue weighted by atomic mass is 16.5. The molecule has 0 amide bonds. The van der Waals surface area contributed by atoms with E-state index in [1.54, 1.807) is 6.08 Å². The summed E-state index contributed by atoms with van der Waals surface area (Å²) in [6.07, 6.45) is 4.58. The molecular formula is C6H10N2O2. The quantitative estimate of drug-likeness (QED) is 0.214. The molecule has 0 fully saturated rings. The van der Waals surface area contributed by atoms with E-state index in [9.17, 15) is 0 Å². The monoisotopic (exact) mass is 142 g/mol. The summed E-state index contributed by atoms with van der Waals surface area (Å²) in [6.45, 7) is 0. The van der Waals surface area contributed by atoms with Gasteiger partial charge in [-0.15, -0.1) is 0 Å². The fraction of sp³-hybridized carbons (Fsp3) is 0.333. The van der Waals surface area contributed by atoms with Crippen molar-refractivity contribution in [3.63, 3.8) is 0 Å². The van der Waals surface area contributed by atoms with Gasteiger partial charge in [-0.05, 0) is 12.2 Å². The van der Waals surface area contributed by atoms with E-state index in [1.165, 1.54) is 12.2 Å². The minimum atomic E-state index is -1.69. The number of hydrogen-bond acceptors (Lipinski definition) is 4. The van der Waals surface area contributed by atoms with Gasteiger partial charge < -0.3 is 15.6 Å². The van der Waals surface area contributed by atoms with Crippen molar-refractivity contribution in [2.45, 2.75) is 12.2 Å². The summed E-state index contributed by atoms with van der Waals surface area (Å²) in [6, 6.07) is 0. The minimum Gasteiger partial charge on any atom is -0.362 e. The first-order valence-electron chi connectivity index (χ1n) is 2.95. The van der Waals surface area contributed by atoms with E-state index in [-0.39, 0.29) is 6.42 Å². The molecule has 10 heavy (non-hydrogen) atoms. The Bertz CT molecular complexity index is 184. The largest absolute Gasteiger partial charge is 0.362 e.